The summed E-state index contributed by atoms with van der Waals surface area (Å²) in [7, 11) is 1.75. The topological polar surface area (TPSA) is 69.2 Å². The number of carbonyl (C=O) groups excluding carboxylic acids is 1. The number of aliphatic hydroxyl groups excluding tert-OH is 1. The van der Waals surface area contributed by atoms with Crippen LogP contribution in [0.4, 0.5) is 0 Å². The Labute approximate surface area is 131 Å². The maximum absolute atomic E-state index is 12.6. The Hall–Kier alpha value is -2.14. The molecule has 0 saturated heterocycles. The fourth-order valence-corrected chi connectivity index (χ4v) is 2.57. The van der Waals surface area contributed by atoms with Gasteiger partial charge in [-0.3, -0.25) is 9.89 Å². The molecule has 22 heavy (non-hydrogen) atoms. The van der Waals surface area contributed by atoms with Gasteiger partial charge in [-0.15, -0.1) is 0 Å². The minimum atomic E-state index is -0.162. The number of H-pyrrole nitrogens is 1. The van der Waals surface area contributed by atoms with Crippen LogP contribution in [0.2, 0.25) is 0 Å². The number of aromatic amines is 1. The molecule has 2 aromatic rings. The summed E-state index contributed by atoms with van der Waals surface area (Å²) < 4.78 is 0. The van der Waals surface area contributed by atoms with Crippen molar-refractivity contribution < 1.29 is 9.90 Å². The Morgan fingerprint density at radius 3 is 2.73 bits per heavy atom. The molecule has 0 spiro atoms. The number of benzene rings is 1. The predicted octanol–water partition coefficient (Wildman–Crippen LogP) is 2.56. The van der Waals surface area contributed by atoms with E-state index >= 15 is 0 Å². The van der Waals surface area contributed by atoms with Crippen molar-refractivity contribution in [2.75, 3.05) is 13.7 Å². The van der Waals surface area contributed by atoms with Gasteiger partial charge >= 0.3 is 0 Å². The molecule has 5 heteroatoms. The number of hydrogen-bond acceptors (Lipinski definition) is 3. The molecule has 0 aliphatic heterocycles. The van der Waals surface area contributed by atoms with Crippen LogP contribution in [0.3, 0.4) is 0 Å². The fourth-order valence-electron chi connectivity index (χ4n) is 2.57. The highest BCUT2D eigenvalue weighted by Gasteiger charge is 2.24. The van der Waals surface area contributed by atoms with Crippen LogP contribution in [0.1, 0.15) is 47.6 Å². The van der Waals surface area contributed by atoms with Gasteiger partial charge in [0.15, 0.2) is 0 Å². The molecule has 1 atom stereocenters. The Morgan fingerprint density at radius 1 is 1.36 bits per heavy atom. The van der Waals surface area contributed by atoms with E-state index in [9.17, 15) is 9.90 Å². The summed E-state index contributed by atoms with van der Waals surface area (Å²) in [4.78, 5) is 14.3. The van der Waals surface area contributed by atoms with Crippen molar-refractivity contribution in [1.82, 2.24) is 15.1 Å². The van der Waals surface area contributed by atoms with Crippen molar-refractivity contribution in [3.63, 3.8) is 0 Å². The average Bonchev–Trinajstić information content (AvgIpc) is 3.01. The van der Waals surface area contributed by atoms with E-state index in [2.05, 4.69) is 17.1 Å². The number of carbonyl (C=O) groups is 1. The largest absolute Gasteiger partial charge is 0.396 e. The van der Waals surface area contributed by atoms with Crippen LogP contribution < -0.4 is 0 Å². The maximum Gasteiger partial charge on any atom is 0.274 e. The zero-order valence-corrected chi connectivity index (χ0v) is 13.1. The first-order valence-electron chi connectivity index (χ1n) is 7.64. The Kier molecular flexibility index (Phi) is 5.72. The number of nitrogens with zero attached hydrogens (tertiary/aromatic N) is 2. The van der Waals surface area contributed by atoms with E-state index in [1.54, 1.807) is 11.9 Å². The second kappa shape index (κ2) is 7.75. The zero-order valence-electron chi connectivity index (χ0n) is 13.1. The molecule has 0 bridgehead atoms. The highest BCUT2D eigenvalue weighted by molar-refractivity contribution is 5.92. The first-order chi connectivity index (χ1) is 10.7. The van der Waals surface area contributed by atoms with Gasteiger partial charge in [-0.05, 0) is 24.5 Å². The molecule has 0 aliphatic carbocycles. The minimum absolute atomic E-state index is 0.0266. The number of hydrogen-bond donors (Lipinski definition) is 2. The van der Waals surface area contributed by atoms with Crippen LogP contribution in [-0.4, -0.2) is 39.8 Å². The molecule has 118 valence electrons. The molecule has 1 heterocycles. The normalized spacial score (nSPS) is 12.1. The highest BCUT2D eigenvalue weighted by atomic mass is 16.3. The maximum atomic E-state index is 12.6. The molecule has 1 unspecified atom stereocenters. The van der Waals surface area contributed by atoms with Crippen LogP contribution in [0.25, 0.3) is 0 Å². The molecule has 2 N–H and O–H groups in total. The van der Waals surface area contributed by atoms with E-state index in [4.69, 9.17) is 0 Å². The van der Waals surface area contributed by atoms with Gasteiger partial charge in [0.2, 0.25) is 0 Å². The second-order valence-electron chi connectivity index (χ2n) is 5.38. The monoisotopic (exact) mass is 301 g/mol. The number of amides is 1. The predicted molar refractivity (Wildman–Crippen MR) is 85.6 cm³/mol. The third kappa shape index (κ3) is 3.74. The van der Waals surface area contributed by atoms with E-state index in [1.165, 1.54) is 0 Å². The van der Waals surface area contributed by atoms with Crippen molar-refractivity contribution in [3.8, 4) is 0 Å². The molecular weight excluding hydrogens is 278 g/mol. The SMILES string of the molecule is CCCc1cc(C(=O)N(C)C(CCO)c2ccccc2)n[nH]1. The Balaban J connectivity index is 2.18. The van der Waals surface area contributed by atoms with Crippen LogP contribution in [0, 0.1) is 0 Å². The van der Waals surface area contributed by atoms with E-state index in [1.807, 2.05) is 36.4 Å². The standard InChI is InChI=1S/C17H23N3O2/c1-3-7-14-12-15(19-18-14)17(22)20(2)16(10-11-21)13-8-5-4-6-9-13/h4-6,8-9,12,16,21H,3,7,10-11H2,1-2H3,(H,18,19). The molecule has 1 amide bonds. The van der Waals surface area contributed by atoms with Crippen LogP contribution in [-0.2, 0) is 6.42 Å². The molecule has 2 rings (SSSR count). The van der Waals surface area contributed by atoms with Crippen molar-refractivity contribution >= 4 is 5.91 Å². The zero-order chi connectivity index (χ0) is 15.9. The van der Waals surface area contributed by atoms with Crippen molar-refractivity contribution in [3.05, 3.63) is 53.3 Å². The summed E-state index contributed by atoms with van der Waals surface area (Å²) >= 11 is 0. The summed E-state index contributed by atoms with van der Waals surface area (Å²) in [5.74, 6) is -0.138. The lowest BCUT2D eigenvalue weighted by Gasteiger charge is -2.27. The highest BCUT2D eigenvalue weighted by Crippen LogP contribution is 2.24. The van der Waals surface area contributed by atoms with Crippen LogP contribution >= 0.6 is 0 Å². The molecule has 0 aliphatic rings. The van der Waals surface area contributed by atoms with Crippen LogP contribution in [0.5, 0.6) is 0 Å². The van der Waals surface area contributed by atoms with Gasteiger partial charge in [0.05, 0.1) is 6.04 Å². The van der Waals surface area contributed by atoms with Gasteiger partial charge in [0.1, 0.15) is 5.69 Å². The number of rotatable bonds is 7. The van der Waals surface area contributed by atoms with Gasteiger partial charge in [-0.25, -0.2) is 0 Å². The summed E-state index contributed by atoms with van der Waals surface area (Å²) in [6.45, 7) is 2.11. The van der Waals surface area contributed by atoms with Gasteiger partial charge in [0, 0.05) is 19.3 Å². The first kappa shape index (κ1) is 16.2. The molecule has 0 radical (unpaired) electrons. The van der Waals surface area contributed by atoms with E-state index in [-0.39, 0.29) is 18.6 Å². The third-order valence-corrected chi connectivity index (χ3v) is 3.74. The molecule has 1 aromatic heterocycles. The lowest BCUT2D eigenvalue weighted by molar-refractivity contribution is 0.0699. The second-order valence-corrected chi connectivity index (χ2v) is 5.38. The fraction of sp³-hybridized carbons (Fsp3) is 0.412. The Bertz CT molecular complexity index is 595. The first-order valence-corrected chi connectivity index (χ1v) is 7.64. The number of aryl methyl sites for hydroxylation is 1. The smallest absolute Gasteiger partial charge is 0.274 e. The number of nitrogens with one attached hydrogen (secondary N) is 1. The van der Waals surface area contributed by atoms with Crippen LogP contribution in [0.15, 0.2) is 36.4 Å². The summed E-state index contributed by atoms with van der Waals surface area (Å²) in [5.41, 5.74) is 2.40. The molecular formula is C17H23N3O2. The van der Waals surface area contributed by atoms with E-state index < -0.39 is 0 Å². The number of aliphatic hydroxyl groups is 1. The molecule has 0 saturated carbocycles. The lowest BCUT2D eigenvalue weighted by atomic mass is 10.0. The number of aromatic nitrogens is 2. The molecule has 0 fully saturated rings. The molecule has 1 aromatic carbocycles. The van der Waals surface area contributed by atoms with Crippen molar-refractivity contribution in [2.45, 2.75) is 32.2 Å². The van der Waals surface area contributed by atoms with Gasteiger partial charge in [0.25, 0.3) is 5.91 Å². The minimum Gasteiger partial charge on any atom is -0.396 e. The quantitative estimate of drug-likeness (QED) is 0.826. The van der Waals surface area contributed by atoms with Gasteiger partial charge < -0.3 is 10.0 Å². The molecule has 5 nitrogen and oxygen atoms in total. The lowest BCUT2D eigenvalue weighted by Crippen LogP contribution is -2.32. The van der Waals surface area contributed by atoms with Gasteiger partial charge in [-0.1, -0.05) is 43.7 Å². The Morgan fingerprint density at radius 2 is 2.09 bits per heavy atom. The van der Waals surface area contributed by atoms with E-state index in [0.29, 0.717) is 12.1 Å². The van der Waals surface area contributed by atoms with Crippen molar-refractivity contribution in [2.24, 2.45) is 0 Å². The van der Waals surface area contributed by atoms with E-state index in [0.717, 1.165) is 24.1 Å². The van der Waals surface area contributed by atoms with Gasteiger partial charge in [-0.2, -0.15) is 5.10 Å². The summed E-state index contributed by atoms with van der Waals surface area (Å²) in [5, 5.41) is 16.3. The average molecular weight is 301 g/mol. The summed E-state index contributed by atoms with van der Waals surface area (Å²) in [6, 6.07) is 11.4. The third-order valence-electron chi connectivity index (χ3n) is 3.74. The summed E-state index contributed by atoms with van der Waals surface area (Å²) in [6.07, 6.45) is 2.38. The van der Waals surface area contributed by atoms with Crippen molar-refractivity contribution in [1.29, 1.82) is 0 Å².